The summed E-state index contributed by atoms with van der Waals surface area (Å²) in [5.74, 6) is 6.37. The zero-order valence-electron chi connectivity index (χ0n) is 17.8. The quantitative estimate of drug-likeness (QED) is 0.322. The first-order valence-electron chi connectivity index (χ1n) is 10.5. The molecule has 7 heteroatoms. The van der Waals surface area contributed by atoms with Gasteiger partial charge in [-0.1, -0.05) is 26.0 Å². The van der Waals surface area contributed by atoms with Gasteiger partial charge in [0.05, 0.1) is 18.2 Å². The van der Waals surface area contributed by atoms with E-state index in [2.05, 4.69) is 31.7 Å². The molecule has 2 fully saturated rings. The zero-order valence-corrected chi connectivity index (χ0v) is 17.8. The number of hydrogen-bond acceptors (Lipinski definition) is 4. The Kier molecular flexibility index (Phi) is 6.85. The van der Waals surface area contributed by atoms with Crippen molar-refractivity contribution in [2.24, 2.45) is 23.6 Å². The van der Waals surface area contributed by atoms with Gasteiger partial charge in [-0.3, -0.25) is 4.79 Å². The Morgan fingerprint density at radius 3 is 2.53 bits per heavy atom. The Hall–Kier alpha value is -2.76. The fraction of sp³-hybridized carbons (Fsp3) is 0.522. The average Bonchev–Trinajstić information content (AvgIpc) is 3.25. The number of carbonyl (C=O) groups excluding carboxylic acids is 1. The number of hydrogen-bond donors (Lipinski definition) is 2. The van der Waals surface area contributed by atoms with E-state index in [1.54, 1.807) is 4.90 Å². The summed E-state index contributed by atoms with van der Waals surface area (Å²) in [6.07, 6.45) is 4.68. The van der Waals surface area contributed by atoms with Crippen molar-refractivity contribution in [2.45, 2.75) is 45.6 Å². The molecule has 3 rings (SSSR count). The monoisotopic (exact) mass is 413 g/mol. The fourth-order valence-electron chi connectivity index (χ4n) is 4.19. The lowest BCUT2D eigenvalue weighted by Gasteiger charge is -2.23. The number of likely N-dealkylation sites (tertiary alicyclic amines) is 1. The summed E-state index contributed by atoms with van der Waals surface area (Å²) in [6.45, 7) is 7.19. The lowest BCUT2D eigenvalue weighted by Crippen LogP contribution is -2.43. The number of nitrogens with zero attached hydrogens (tertiary/aromatic N) is 2. The molecule has 3 N–H and O–H groups in total. The van der Waals surface area contributed by atoms with E-state index in [4.69, 9.17) is 15.7 Å². The van der Waals surface area contributed by atoms with Gasteiger partial charge in [0.15, 0.2) is 0 Å². The number of urea groups is 1. The maximum atomic E-state index is 12.6. The Balaban J connectivity index is 1.51. The first-order chi connectivity index (χ1) is 14.2. The molecule has 2 aliphatic rings. The molecule has 1 aromatic carbocycles. The van der Waals surface area contributed by atoms with E-state index in [0.29, 0.717) is 30.8 Å². The molecule has 7 nitrogen and oxygen atoms in total. The molecule has 0 aromatic heterocycles. The first kappa shape index (κ1) is 21.9. The molecule has 2 amide bonds. The predicted molar refractivity (Wildman–Crippen MR) is 114 cm³/mol. The highest BCUT2D eigenvalue weighted by Crippen LogP contribution is 2.40. The lowest BCUT2D eigenvalue weighted by atomic mass is 10.0. The Bertz CT molecular complexity index is 833. The highest BCUT2D eigenvalue weighted by molar-refractivity contribution is 5.75. The van der Waals surface area contributed by atoms with Gasteiger partial charge in [0.25, 0.3) is 0 Å². The minimum Gasteiger partial charge on any atom is -0.490 e. The summed E-state index contributed by atoms with van der Waals surface area (Å²) >= 11 is 0. The molecule has 1 aliphatic heterocycles. The third kappa shape index (κ3) is 5.23. The molecule has 1 heterocycles. The summed E-state index contributed by atoms with van der Waals surface area (Å²) in [4.78, 5) is 25.1. The first-order valence-corrected chi connectivity index (χ1v) is 10.5. The Labute approximate surface area is 177 Å². The van der Waals surface area contributed by atoms with Crippen LogP contribution in [0.1, 0.15) is 45.1 Å². The highest BCUT2D eigenvalue weighted by atomic mass is 16.5. The third-order valence-corrected chi connectivity index (χ3v) is 5.98. The minimum absolute atomic E-state index is 0.175. The van der Waals surface area contributed by atoms with Gasteiger partial charge in [0.1, 0.15) is 5.75 Å². The smallest absolute Gasteiger partial charge is 0.338 e. The second-order valence-corrected chi connectivity index (χ2v) is 8.64. The average molecular weight is 414 g/mol. The summed E-state index contributed by atoms with van der Waals surface area (Å²) in [5.41, 5.74) is 3.94. The number of carbonyl (C=O) groups is 2. The number of carboxylic acid groups (broad SMARTS) is 1. The number of benzene rings is 1. The molecule has 1 saturated carbocycles. The summed E-state index contributed by atoms with van der Waals surface area (Å²) in [7, 11) is 0. The molecule has 30 heavy (non-hydrogen) atoms. The van der Waals surface area contributed by atoms with Crippen molar-refractivity contribution in [3.8, 4) is 5.75 Å². The number of amides is 2. The van der Waals surface area contributed by atoms with Crippen LogP contribution in [0.5, 0.6) is 5.75 Å². The second kappa shape index (κ2) is 9.37. The van der Waals surface area contributed by atoms with E-state index in [-0.39, 0.29) is 12.1 Å². The van der Waals surface area contributed by atoms with E-state index in [9.17, 15) is 9.59 Å². The summed E-state index contributed by atoms with van der Waals surface area (Å²) in [5, 5.41) is 9.83. The van der Waals surface area contributed by atoms with Crippen LogP contribution in [-0.2, 0) is 4.79 Å². The largest absolute Gasteiger partial charge is 0.490 e. The van der Waals surface area contributed by atoms with Gasteiger partial charge in [-0.15, -0.1) is 5.73 Å². The number of fused-ring (bicyclic) bond motifs is 1. The normalized spacial score (nSPS) is 23.5. The molecule has 0 radical (unpaired) electrons. The molecule has 0 spiro atoms. The van der Waals surface area contributed by atoms with Crippen LogP contribution in [0.4, 0.5) is 4.79 Å². The number of ether oxygens (including phenoxy) is 1. The molecule has 162 valence electrons. The van der Waals surface area contributed by atoms with Crippen LogP contribution < -0.4 is 10.6 Å². The van der Waals surface area contributed by atoms with Crippen LogP contribution in [0.15, 0.2) is 42.3 Å². The van der Waals surface area contributed by atoms with Gasteiger partial charge >= 0.3 is 12.0 Å². The van der Waals surface area contributed by atoms with Gasteiger partial charge in [0.2, 0.25) is 0 Å². The SMILES string of the molecule is CC(C=C=CN(N)C(=O)N1C[C@H]2CC(Oc3cccc(C(C)C)c3)C[C@H]2C1)C(=O)O. The molecule has 1 aromatic rings. The topological polar surface area (TPSA) is 96.1 Å². The van der Waals surface area contributed by atoms with Crippen molar-refractivity contribution >= 4 is 12.0 Å². The van der Waals surface area contributed by atoms with Crippen molar-refractivity contribution in [1.82, 2.24) is 9.91 Å². The van der Waals surface area contributed by atoms with Crippen molar-refractivity contribution in [3.05, 3.63) is 47.8 Å². The number of hydrazine groups is 1. The predicted octanol–water partition coefficient (Wildman–Crippen LogP) is 3.58. The van der Waals surface area contributed by atoms with Crippen molar-refractivity contribution < 1.29 is 19.4 Å². The van der Waals surface area contributed by atoms with Crippen LogP contribution in [0, 0.1) is 17.8 Å². The van der Waals surface area contributed by atoms with Crippen LogP contribution in [0.2, 0.25) is 0 Å². The molecule has 4 atom stereocenters. The van der Waals surface area contributed by atoms with Crippen LogP contribution in [-0.4, -0.2) is 46.2 Å². The van der Waals surface area contributed by atoms with Crippen molar-refractivity contribution in [1.29, 1.82) is 0 Å². The summed E-state index contributed by atoms with van der Waals surface area (Å²) < 4.78 is 6.23. The van der Waals surface area contributed by atoms with Crippen molar-refractivity contribution in [3.63, 3.8) is 0 Å². The number of rotatable bonds is 6. The van der Waals surface area contributed by atoms with E-state index in [0.717, 1.165) is 23.6 Å². The second-order valence-electron chi connectivity index (χ2n) is 8.64. The van der Waals surface area contributed by atoms with E-state index in [1.165, 1.54) is 24.8 Å². The molecule has 2 unspecified atom stereocenters. The number of aliphatic carboxylic acids is 1. The van der Waals surface area contributed by atoms with Crippen LogP contribution in [0.25, 0.3) is 0 Å². The Morgan fingerprint density at radius 1 is 1.27 bits per heavy atom. The zero-order chi connectivity index (χ0) is 21.8. The number of nitrogens with two attached hydrogens (primary N) is 1. The van der Waals surface area contributed by atoms with Crippen LogP contribution in [0.3, 0.4) is 0 Å². The molecule has 1 saturated heterocycles. The van der Waals surface area contributed by atoms with Crippen molar-refractivity contribution in [2.75, 3.05) is 13.1 Å². The van der Waals surface area contributed by atoms with E-state index >= 15 is 0 Å². The molecule has 1 aliphatic carbocycles. The Morgan fingerprint density at radius 2 is 1.93 bits per heavy atom. The third-order valence-electron chi connectivity index (χ3n) is 5.98. The lowest BCUT2D eigenvalue weighted by molar-refractivity contribution is -0.139. The number of carboxylic acids is 1. The fourth-order valence-corrected chi connectivity index (χ4v) is 4.19. The maximum absolute atomic E-state index is 12.6. The van der Waals surface area contributed by atoms with Gasteiger partial charge < -0.3 is 14.7 Å². The van der Waals surface area contributed by atoms with Gasteiger partial charge in [-0.2, -0.15) is 0 Å². The van der Waals surface area contributed by atoms with E-state index in [1.807, 2.05) is 12.1 Å². The van der Waals surface area contributed by atoms with Crippen LogP contribution >= 0.6 is 0 Å². The van der Waals surface area contributed by atoms with Gasteiger partial charge in [-0.05, 0) is 61.3 Å². The van der Waals surface area contributed by atoms with Gasteiger partial charge in [0, 0.05) is 13.1 Å². The molecular weight excluding hydrogens is 382 g/mol. The molecule has 0 bridgehead atoms. The summed E-state index contributed by atoms with van der Waals surface area (Å²) in [6, 6.07) is 7.99. The maximum Gasteiger partial charge on any atom is 0.338 e. The standard InChI is InChI=1S/C23H31N3O4/c1-15(2)17-7-4-8-20(10-17)30-21-11-18-13-25(14-19(18)12-21)23(29)26(24)9-5-6-16(3)22(27)28/h4,6-10,15-16,18-19,21H,11-14,24H2,1-3H3,(H,27,28)/t5?,16?,18-,19+,21?. The van der Waals surface area contributed by atoms with E-state index < -0.39 is 11.9 Å². The highest BCUT2D eigenvalue weighted by Gasteiger charge is 2.43. The van der Waals surface area contributed by atoms with Gasteiger partial charge in [-0.25, -0.2) is 15.6 Å². The molecular formula is C23H31N3O4. The minimum atomic E-state index is -0.953.